The van der Waals surface area contributed by atoms with Gasteiger partial charge in [-0.1, -0.05) is 0 Å². The smallest absolute Gasteiger partial charge is 0.306 e. The summed E-state index contributed by atoms with van der Waals surface area (Å²) in [5, 5.41) is 3.63. The Kier molecular flexibility index (Phi) is 3.48. The van der Waals surface area contributed by atoms with Gasteiger partial charge in [-0.15, -0.1) is 0 Å². The summed E-state index contributed by atoms with van der Waals surface area (Å²) in [4.78, 5) is 11.8. The molecule has 1 saturated heterocycles. The quantitative estimate of drug-likeness (QED) is 0.753. The zero-order valence-electron chi connectivity index (χ0n) is 11.3. The number of carbonyl (C=O) groups is 1. The Bertz CT molecular complexity index is 289. The summed E-state index contributed by atoms with van der Waals surface area (Å²) in [7, 11) is 0. The SMILES string of the molecule is CC(C)(C)OC(=O)CC1CCNC2(CCC2)C1. The van der Waals surface area contributed by atoms with E-state index in [4.69, 9.17) is 4.74 Å². The van der Waals surface area contributed by atoms with Crippen molar-refractivity contribution in [1.82, 2.24) is 5.32 Å². The minimum Gasteiger partial charge on any atom is -0.460 e. The largest absolute Gasteiger partial charge is 0.460 e. The highest BCUT2D eigenvalue weighted by atomic mass is 16.6. The lowest BCUT2D eigenvalue weighted by Gasteiger charge is -2.48. The van der Waals surface area contributed by atoms with Gasteiger partial charge in [0.15, 0.2) is 0 Å². The van der Waals surface area contributed by atoms with Gasteiger partial charge in [-0.3, -0.25) is 4.79 Å². The molecule has 2 fully saturated rings. The maximum atomic E-state index is 11.8. The van der Waals surface area contributed by atoms with Gasteiger partial charge in [0.2, 0.25) is 0 Å². The molecule has 98 valence electrons. The van der Waals surface area contributed by atoms with Crippen LogP contribution in [-0.2, 0) is 9.53 Å². The molecule has 1 spiro atoms. The third-order valence-electron chi connectivity index (χ3n) is 3.92. The maximum Gasteiger partial charge on any atom is 0.306 e. The number of ether oxygens (including phenoxy) is 1. The van der Waals surface area contributed by atoms with E-state index in [9.17, 15) is 4.79 Å². The second-order valence-corrected chi connectivity index (χ2v) is 6.71. The van der Waals surface area contributed by atoms with Gasteiger partial charge in [-0.25, -0.2) is 0 Å². The average Bonchev–Trinajstić information content (AvgIpc) is 2.12. The summed E-state index contributed by atoms with van der Waals surface area (Å²) in [5.41, 5.74) is 0.0308. The fraction of sp³-hybridized carbons (Fsp3) is 0.929. The third-order valence-corrected chi connectivity index (χ3v) is 3.92. The van der Waals surface area contributed by atoms with Crippen LogP contribution in [0.15, 0.2) is 0 Å². The van der Waals surface area contributed by atoms with Crippen LogP contribution in [0.2, 0.25) is 0 Å². The first kappa shape index (κ1) is 12.9. The zero-order valence-corrected chi connectivity index (χ0v) is 11.3. The van der Waals surface area contributed by atoms with E-state index in [1.54, 1.807) is 0 Å². The number of esters is 1. The topological polar surface area (TPSA) is 38.3 Å². The van der Waals surface area contributed by atoms with Crippen molar-refractivity contribution < 1.29 is 9.53 Å². The summed E-state index contributed by atoms with van der Waals surface area (Å²) in [6.45, 7) is 6.86. The van der Waals surface area contributed by atoms with Crippen LogP contribution in [0.25, 0.3) is 0 Å². The molecule has 17 heavy (non-hydrogen) atoms. The van der Waals surface area contributed by atoms with Crippen LogP contribution >= 0.6 is 0 Å². The number of hydrogen-bond donors (Lipinski definition) is 1. The van der Waals surface area contributed by atoms with Crippen molar-refractivity contribution in [1.29, 1.82) is 0 Å². The Labute approximate surface area is 104 Å². The zero-order chi connectivity index (χ0) is 12.5. The monoisotopic (exact) mass is 239 g/mol. The van der Waals surface area contributed by atoms with Crippen molar-refractivity contribution in [3.63, 3.8) is 0 Å². The van der Waals surface area contributed by atoms with Crippen molar-refractivity contribution in [3.05, 3.63) is 0 Å². The number of nitrogens with one attached hydrogen (secondary N) is 1. The predicted molar refractivity (Wildman–Crippen MR) is 67.8 cm³/mol. The molecule has 1 saturated carbocycles. The number of carbonyl (C=O) groups excluding carboxylic acids is 1. The standard InChI is InChI=1S/C14H25NO2/c1-13(2,3)17-12(16)9-11-5-8-15-14(10-11)6-4-7-14/h11,15H,4-10H2,1-3H3. The number of rotatable bonds is 2. The van der Waals surface area contributed by atoms with E-state index in [2.05, 4.69) is 5.32 Å². The molecular formula is C14H25NO2. The van der Waals surface area contributed by atoms with Crippen LogP contribution in [0.5, 0.6) is 0 Å². The lowest BCUT2D eigenvalue weighted by molar-refractivity contribution is -0.156. The molecule has 3 heteroatoms. The highest BCUT2D eigenvalue weighted by Crippen LogP contribution is 2.41. The normalized spacial score (nSPS) is 27.6. The minimum atomic E-state index is -0.349. The van der Waals surface area contributed by atoms with Crippen molar-refractivity contribution in [2.45, 2.75) is 70.4 Å². The molecular weight excluding hydrogens is 214 g/mol. The Morgan fingerprint density at radius 2 is 2.12 bits per heavy atom. The average molecular weight is 239 g/mol. The number of hydrogen-bond acceptors (Lipinski definition) is 3. The Balaban J connectivity index is 1.80. The van der Waals surface area contributed by atoms with Crippen LogP contribution in [0.1, 0.15) is 59.3 Å². The van der Waals surface area contributed by atoms with Gasteiger partial charge in [0.05, 0.1) is 0 Å². The number of piperidine rings is 1. The second kappa shape index (κ2) is 4.60. The molecule has 1 N–H and O–H groups in total. The van der Waals surface area contributed by atoms with Crippen molar-refractivity contribution >= 4 is 5.97 Å². The van der Waals surface area contributed by atoms with Crippen LogP contribution in [0.4, 0.5) is 0 Å². The second-order valence-electron chi connectivity index (χ2n) is 6.71. The first-order valence-corrected chi connectivity index (χ1v) is 6.85. The van der Waals surface area contributed by atoms with E-state index in [1.807, 2.05) is 20.8 Å². The fourth-order valence-corrected chi connectivity index (χ4v) is 3.05. The lowest BCUT2D eigenvalue weighted by atomic mass is 9.68. The molecule has 3 nitrogen and oxygen atoms in total. The van der Waals surface area contributed by atoms with Crippen molar-refractivity contribution in [2.24, 2.45) is 5.92 Å². The Morgan fingerprint density at radius 3 is 2.65 bits per heavy atom. The van der Waals surface area contributed by atoms with E-state index >= 15 is 0 Å². The Morgan fingerprint density at radius 1 is 1.41 bits per heavy atom. The van der Waals surface area contributed by atoms with E-state index in [0.717, 1.165) is 19.4 Å². The first-order chi connectivity index (χ1) is 7.89. The van der Waals surface area contributed by atoms with Crippen LogP contribution in [-0.4, -0.2) is 23.7 Å². The highest BCUT2D eigenvalue weighted by molar-refractivity contribution is 5.70. The van der Waals surface area contributed by atoms with Gasteiger partial charge in [0.1, 0.15) is 5.60 Å². The fourth-order valence-electron chi connectivity index (χ4n) is 3.05. The maximum absolute atomic E-state index is 11.8. The van der Waals surface area contributed by atoms with E-state index < -0.39 is 0 Å². The molecule has 0 amide bonds. The summed E-state index contributed by atoms with van der Waals surface area (Å²) >= 11 is 0. The predicted octanol–water partition coefficient (Wildman–Crippen LogP) is 2.64. The van der Waals surface area contributed by atoms with Crippen LogP contribution in [0, 0.1) is 5.92 Å². The molecule has 0 radical (unpaired) electrons. The minimum absolute atomic E-state index is 0.0288. The highest BCUT2D eigenvalue weighted by Gasteiger charge is 2.41. The summed E-state index contributed by atoms with van der Waals surface area (Å²) in [5.74, 6) is 0.491. The van der Waals surface area contributed by atoms with E-state index in [0.29, 0.717) is 17.9 Å². The van der Waals surface area contributed by atoms with Crippen LogP contribution in [0.3, 0.4) is 0 Å². The van der Waals surface area contributed by atoms with Gasteiger partial charge < -0.3 is 10.1 Å². The first-order valence-electron chi connectivity index (χ1n) is 6.85. The van der Waals surface area contributed by atoms with Gasteiger partial charge in [-0.05, 0) is 65.3 Å². The van der Waals surface area contributed by atoms with E-state index in [1.165, 1.54) is 19.3 Å². The molecule has 0 aromatic heterocycles. The molecule has 0 aromatic carbocycles. The van der Waals surface area contributed by atoms with Crippen molar-refractivity contribution in [3.8, 4) is 0 Å². The van der Waals surface area contributed by atoms with Gasteiger partial charge in [0, 0.05) is 12.0 Å². The third kappa shape index (κ3) is 3.44. The summed E-state index contributed by atoms with van der Waals surface area (Å²) < 4.78 is 5.40. The summed E-state index contributed by atoms with van der Waals surface area (Å²) in [6.07, 6.45) is 6.79. The van der Waals surface area contributed by atoms with E-state index in [-0.39, 0.29) is 11.6 Å². The summed E-state index contributed by atoms with van der Waals surface area (Å²) in [6, 6.07) is 0. The molecule has 1 aliphatic heterocycles. The van der Waals surface area contributed by atoms with Crippen LogP contribution < -0.4 is 5.32 Å². The molecule has 0 bridgehead atoms. The van der Waals surface area contributed by atoms with Gasteiger partial charge >= 0.3 is 5.97 Å². The molecule has 2 rings (SSSR count). The van der Waals surface area contributed by atoms with Gasteiger partial charge in [-0.2, -0.15) is 0 Å². The molecule has 2 aliphatic rings. The Hall–Kier alpha value is -0.570. The van der Waals surface area contributed by atoms with Crippen molar-refractivity contribution in [2.75, 3.05) is 6.54 Å². The molecule has 1 heterocycles. The lowest BCUT2D eigenvalue weighted by Crippen LogP contribution is -2.55. The molecule has 1 unspecified atom stereocenters. The van der Waals surface area contributed by atoms with Gasteiger partial charge in [0.25, 0.3) is 0 Å². The molecule has 1 aliphatic carbocycles. The molecule has 1 atom stereocenters. The molecule has 0 aromatic rings.